The number of hydrogen-bond donors (Lipinski definition) is 1. The molecule has 8 nitrogen and oxygen atoms in total. The third-order valence-electron chi connectivity index (χ3n) is 8.52. The largest absolute Gasteiger partial charge is 0.466 e. The number of aliphatic hydroxyl groups is 1. The average molecular weight is 558 g/mol. The van der Waals surface area contributed by atoms with Gasteiger partial charge in [0.25, 0.3) is 5.91 Å². The van der Waals surface area contributed by atoms with Crippen LogP contribution >= 0.6 is 11.8 Å². The second-order valence-corrected chi connectivity index (χ2v) is 12.2. The third-order valence-corrected chi connectivity index (χ3v) is 10.5. The Bertz CT molecular complexity index is 1050. The molecule has 9 heteroatoms. The smallest absolute Gasteiger partial charge is 0.310 e. The Morgan fingerprint density at radius 2 is 1.85 bits per heavy atom. The number of aliphatic hydroxyl groups excluding tert-OH is 1. The molecule has 0 saturated carbocycles. The number of rotatable bonds is 14. The van der Waals surface area contributed by atoms with Gasteiger partial charge in [-0.05, 0) is 77.1 Å². The Labute approximate surface area is 236 Å². The van der Waals surface area contributed by atoms with Crippen molar-refractivity contribution < 1.29 is 24.2 Å². The van der Waals surface area contributed by atoms with Gasteiger partial charge in [-0.3, -0.25) is 14.4 Å². The van der Waals surface area contributed by atoms with E-state index in [1.807, 2.05) is 24.3 Å². The van der Waals surface area contributed by atoms with Gasteiger partial charge < -0.3 is 24.5 Å². The molecule has 2 amide bonds. The first kappa shape index (κ1) is 29.5. The van der Waals surface area contributed by atoms with Gasteiger partial charge in [0.1, 0.15) is 6.04 Å². The summed E-state index contributed by atoms with van der Waals surface area (Å²) in [6.45, 7) is 12.8. The first-order valence-electron chi connectivity index (χ1n) is 14.4. The molecule has 214 valence electrons. The molecule has 1 aromatic carbocycles. The van der Waals surface area contributed by atoms with Gasteiger partial charge in [-0.1, -0.05) is 6.08 Å². The van der Waals surface area contributed by atoms with Crippen LogP contribution in [0.3, 0.4) is 0 Å². The van der Waals surface area contributed by atoms with E-state index in [0.29, 0.717) is 25.9 Å². The van der Waals surface area contributed by atoms with Crippen LogP contribution in [0.1, 0.15) is 52.9 Å². The number of thioether (sulfide) groups is 1. The molecule has 1 N–H and O–H groups in total. The number of hydrogen-bond acceptors (Lipinski definition) is 7. The molecule has 3 fully saturated rings. The topological polar surface area (TPSA) is 90.4 Å². The van der Waals surface area contributed by atoms with E-state index >= 15 is 0 Å². The number of nitrogens with zero attached hydrogens (tertiary/aromatic N) is 3. The highest BCUT2D eigenvalue weighted by Gasteiger charge is 2.74. The van der Waals surface area contributed by atoms with Gasteiger partial charge in [0.2, 0.25) is 5.91 Å². The van der Waals surface area contributed by atoms with Gasteiger partial charge in [0.05, 0.1) is 23.2 Å². The van der Waals surface area contributed by atoms with Gasteiger partial charge in [0, 0.05) is 49.4 Å². The minimum atomic E-state index is -0.666. The minimum absolute atomic E-state index is 0.00829. The van der Waals surface area contributed by atoms with Crippen molar-refractivity contribution in [3.63, 3.8) is 0 Å². The second kappa shape index (κ2) is 12.8. The van der Waals surface area contributed by atoms with Gasteiger partial charge >= 0.3 is 5.97 Å². The number of carbonyl (C=O) groups excluding carboxylic acids is 3. The van der Waals surface area contributed by atoms with Crippen molar-refractivity contribution in [3.05, 3.63) is 36.9 Å². The second-order valence-electron chi connectivity index (χ2n) is 10.6. The van der Waals surface area contributed by atoms with E-state index < -0.39 is 22.6 Å². The summed E-state index contributed by atoms with van der Waals surface area (Å²) in [5.74, 6) is -1.63. The Hall–Kier alpha value is -2.52. The summed E-state index contributed by atoms with van der Waals surface area (Å²) >= 11 is 1.66. The van der Waals surface area contributed by atoms with Crippen LogP contribution in [-0.4, -0.2) is 83.2 Å². The van der Waals surface area contributed by atoms with Gasteiger partial charge in [-0.25, -0.2) is 0 Å². The van der Waals surface area contributed by atoms with Crippen LogP contribution in [0.15, 0.2) is 36.9 Å². The molecule has 2 unspecified atom stereocenters. The van der Waals surface area contributed by atoms with E-state index in [-0.39, 0.29) is 36.2 Å². The van der Waals surface area contributed by atoms with Gasteiger partial charge in [0.15, 0.2) is 0 Å². The molecule has 5 atom stereocenters. The van der Waals surface area contributed by atoms with E-state index in [1.54, 1.807) is 34.6 Å². The maximum absolute atomic E-state index is 14.5. The maximum atomic E-state index is 14.5. The summed E-state index contributed by atoms with van der Waals surface area (Å²) in [5.41, 5.74) is 1.86. The molecule has 3 heterocycles. The Balaban J connectivity index is 1.69. The van der Waals surface area contributed by atoms with Crippen molar-refractivity contribution in [2.24, 2.45) is 11.8 Å². The Morgan fingerprint density at radius 1 is 1.15 bits per heavy atom. The van der Waals surface area contributed by atoms with Crippen molar-refractivity contribution >= 4 is 40.9 Å². The summed E-state index contributed by atoms with van der Waals surface area (Å²) in [6.07, 6.45) is 5.34. The number of fused-ring (bicyclic) bond motifs is 1. The zero-order valence-corrected chi connectivity index (χ0v) is 24.3. The number of benzene rings is 1. The average Bonchev–Trinajstić information content (AvgIpc) is 3.58. The van der Waals surface area contributed by atoms with Crippen molar-refractivity contribution in [3.8, 4) is 0 Å². The molecule has 1 spiro atoms. The standard InChI is InChI=1S/C30H43N3O5S/c1-5-18-32(22-14-12-21(13-15-22)31(6-2)7-3)28(36)26-30-17-16-23(39-30)24(29(37)38-8-4)25(30)27(35)33(26)19-10-9-11-20-34/h5,12-15,23-26,34H,1,6-11,16-20H2,2-4H3/t23-,24+,25+,26?,30?/m1/s1. The molecule has 1 aromatic rings. The van der Waals surface area contributed by atoms with E-state index in [4.69, 9.17) is 4.74 Å². The third kappa shape index (κ3) is 5.32. The van der Waals surface area contributed by atoms with Crippen molar-refractivity contribution in [1.29, 1.82) is 0 Å². The van der Waals surface area contributed by atoms with E-state index in [9.17, 15) is 19.5 Å². The zero-order chi connectivity index (χ0) is 28.2. The molecule has 2 bridgehead atoms. The lowest BCUT2D eigenvalue weighted by Gasteiger charge is -2.37. The molecule has 0 aliphatic carbocycles. The summed E-state index contributed by atoms with van der Waals surface area (Å²) < 4.78 is 4.77. The van der Waals surface area contributed by atoms with Gasteiger partial charge in [-0.15, -0.1) is 18.3 Å². The van der Waals surface area contributed by atoms with Crippen LogP contribution in [0, 0.1) is 11.8 Å². The van der Waals surface area contributed by atoms with Crippen molar-refractivity contribution in [1.82, 2.24) is 4.90 Å². The Morgan fingerprint density at radius 3 is 2.46 bits per heavy atom. The summed E-state index contributed by atoms with van der Waals surface area (Å²) in [7, 11) is 0. The molecular weight excluding hydrogens is 514 g/mol. The highest BCUT2D eigenvalue weighted by molar-refractivity contribution is 8.02. The molecule has 4 rings (SSSR count). The maximum Gasteiger partial charge on any atom is 0.310 e. The van der Waals surface area contributed by atoms with E-state index in [0.717, 1.165) is 43.7 Å². The molecular formula is C30H43N3O5S. The Kier molecular flexibility index (Phi) is 9.64. The molecule has 39 heavy (non-hydrogen) atoms. The number of ether oxygens (including phenoxy) is 1. The summed E-state index contributed by atoms with van der Waals surface area (Å²) in [4.78, 5) is 47.4. The van der Waals surface area contributed by atoms with Gasteiger partial charge in [-0.2, -0.15) is 0 Å². The van der Waals surface area contributed by atoms with Crippen molar-refractivity contribution in [2.75, 3.05) is 49.2 Å². The van der Waals surface area contributed by atoms with Crippen LogP contribution in [0.25, 0.3) is 0 Å². The number of esters is 1. The highest BCUT2D eigenvalue weighted by Crippen LogP contribution is 2.66. The molecule has 0 radical (unpaired) electrons. The van der Waals surface area contributed by atoms with Crippen LogP contribution in [0.2, 0.25) is 0 Å². The van der Waals surface area contributed by atoms with Crippen LogP contribution < -0.4 is 9.80 Å². The molecule has 0 aromatic heterocycles. The fourth-order valence-electron chi connectivity index (χ4n) is 6.78. The number of likely N-dealkylation sites (tertiary alicyclic amines) is 1. The van der Waals surface area contributed by atoms with E-state index in [1.165, 1.54) is 0 Å². The normalized spacial score (nSPS) is 27.0. The number of anilines is 2. The summed E-state index contributed by atoms with van der Waals surface area (Å²) in [6, 6.07) is 7.33. The predicted molar refractivity (Wildman–Crippen MR) is 156 cm³/mol. The molecule has 3 aliphatic heterocycles. The van der Waals surface area contributed by atoms with Crippen LogP contribution in [0.5, 0.6) is 0 Å². The predicted octanol–water partition coefficient (Wildman–Crippen LogP) is 3.87. The number of amides is 2. The summed E-state index contributed by atoms with van der Waals surface area (Å²) in [5, 5.41) is 9.24. The monoisotopic (exact) mass is 557 g/mol. The fraction of sp³-hybridized carbons (Fsp3) is 0.633. The lowest BCUT2D eigenvalue weighted by molar-refractivity contribution is -0.153. The number of carbonyl (C=O) groups is 3. The molecule has 3 saturated heterocycles. The van der Waals surface area contributed by atoms with E-state index in [2.05, 4.69) is 25.3 Å². The fourth-order valence-corrected chi connectivity index (χ4v) is 8.98. The highest BCUT2D eigenvalue weighted by atomic mass is 32.2. The minimum Gasteiger partial charge on any atom is -0.466 e. The van der Waals surface area contributed by atoms with Crippen LogP contribution in [-0.2, 0) is 19.1 Å². The van der Waals surface area contributed by atoms with Crippen LogP contribution in [0.4, 0.5) is 11.4 Å². The molecule has 3 aliphatic rings. The zero-order valence-electron chi connectivity index (χ0n) is 23.5. The first-order chi connectivity index (χ1) is 18.9. The lowest BCUT2D eigenvalue weighted by Crippen LogP contribution is -2.55. The first-order valence-corrected chi connectivity index (χ1v) is 15.3. The number of unbranched alkanes of at least 4 members (excludes halogenated alkanes) is 2. The lowest BCUT2D eigenvalue weighted by atomic mass is 9.71. The van der Waals surface area contributed by atoms with Crippen molar-refractivity contribution in [2.45, 2.75) is 68.9 Å². The SMILES string of the molecule is C=CCN(C(=O)C1N(CCCCCO)C(=O)[C@@H]2[C@@H](C(=O)OCC)[C@H]3CCC12S3)c1ccc(N(CC)CC)cc1. The quantitative estimate of drug-likeness (QED) is 0.211.